The van der Waals surface area contributed by atoms with Gasteiger partial charge in [0.05, 0.1) is 5.60 Å². The molecule has 6 heteroatoms. The van der Waals surface area contributed by atoms with Crippen LogP contribution in [0.25, 0.3) is 11.4 Å². The topological polar surface area (TPSA) is 63.8 Å². The fourth-order valence-electron chi connectivity index (χ4n) is 3.04. The molecule has 0 radical (unpaired) electrons. The van der Waals surface area contributed by atoms with Gasteiger partial charge in [-0.05, 0) is 50.7 Å². The minimum Gasteiger partial charge on any atom is -0.389 e. The quantitative estimate of drug-likeness (QED) is 0.850. The molecule has 2 aromatic rings. The van der Waals surface area contributed by atoms with Gasteiger partial charge in [-0.15, -0.1) is 10.2 Å². The van der Waals surface area contributed by atoms with E-state index in [-0.39, 0.29) is 0 Å². The molecule has 0 bridgehead atoms. The van der Waals surface area contributed by atoms with Crippen molar-refractivity contribution in [2.24, 2.45) is 5.92 Å². The van der Waals surface area contributed by atoms with Crippen molar-refractivity contribution < 1.29 is 5.11 Å². The van der Waals surface area contributed by atoms with Gasteiger partial charge in [0.15, 0.2) is 11.0 Å². The van der Waals surface area contributed by atoms with E-state index in [9.17, 15) is 5.11 Å². The third-order valence-electron chi connectivity index (χ3n) is 4.65. The molecule has 1 aliphatic carbocycles. The van der Waals surface area contributed by atoms with Crippen molar-refractivity contribution in [1.82, 2.24) is 19.7 Å². The highest BCUT2D eigenvalue weighted by Gasteiger charge is 2.32. The molecule has 0 aromatic carbocycles. The Morgan fingerprint density at radius 3 is 2.61 bits per heavy atom. The van der Waals surface area contributed by atoms with E-state index < -0.39 is 5.60 Å². The number of pyridine rings is 1. The van der Waals surface area contributed by atoms with E-state index >= 15 is 0 Å². The van der Waals surface area contributed by atoms with Gasteiger partial charge in [0.1, 0.15) is 0 Å². The van der Waals surface area contributed by atoms with Crippen LogP contribution in [0.5, 0.6) is 0 Å². The molecule has 0 spiro atoms. The lowest BCUT2D eigenvalue weighted by Crippen LogP contribution is -2.36. The number of hydrogen-bond acceptors (Lipinski definition) is 5. The Bertz CT molecular complexity index is 635. The Morgan fingerprint density at radius 2 is 1.96 bits per heavy atom. The van der Waals surface area contributed by atoms with Crippen molar-refractivity contribution in [3.8, 4) is 11.4 Å². The molecule has 0 saturated heterocycles. The zero-order valence-electron chi connectivity index (χ0n) is 13.8. The van der Waals surface area contributed by atoms with Gasteiger partial charge in [-0.2, -0.15) is 0 Å². The van der Waals surface area contributed by atoms with Crippen LogP contribution in [0, 0.1) is 5.92 Å². The summed E-state index contributed by atoms with van der Waals surface area (Å²) < 4.78 is 2.11. The average Bonchev–Trinajstić information content (AvgIpc) is 3.00. The van der Waals surface area contributed by atoms with Crippen LogP contribution in [0.3, 0.4) is 0 Å². The molecule has 0 unspecified atom stereocenters. The summed E-state index contributed by atoms with van der Waals surface area (Å²) in [6.45, 7) is 5.17. The SMILES string of the molecule is CCn1c(SCC2(O)CCC(C)CC2)nnc1-c1ccncc1. The van der Waals surface area contributed by atoms with Gasteiger partial charge in [-0.1, -0.05) is 18.7 Å². The summed E-state index contributed by atoms with van der Waals surface area (Å²) in [5, 5.41) is 20.3. The van der Waals surface area contributed by atoms with Crippen LogP contribution >= 0.6 is 11.8 Å². The highest BCUT2D eigenvalue weighted by atomic mass is 32.2. The Kier molecular flexibility index (Phi) is 5.02. The summed E-state index contributed by atoms with van der Waals surface area (Å²) in [6.07, 6.45) is 7.53. The normalized spacial score (nSPS) is 24.7. The summed E-state index contributed by atoms with van der Waals surface area (Å²) in [4.78, 5) is 4.05. The molecule has 0 aliphatic heterocycles. The molecular formula is C17H24N4OS. The molecule has 1 aliphatic rings. The van der Waals surface area contributed by atoms with Crippen LogP contribution in [0.4, 0.5) is 0 Å². The van der Waals surface area contributed by atoms with Crippen LogP contribution < -0.4 is 0 Å². The van der Waals surface area contributed by atoms with Crippen molar-refractivity contribution in [2.45, 2.75) is 56.8 Å². The van der Waals surface area contributed by atoms with Crippen molar-refractivity contribution in [2.75, 3.05) is 5.75 Å². The predicted molar refractivity (Wildman–Crippen MR) is 92.2 cm³/mol. The van der Waals surface area contributed by atoms with Gasteiger partial charge in [0.25, 0.3) is 0 Å². The first kappa shape index (κ1) is 16.5. The zero-order chi connectivity index (χ0) is 16.3. The molecule has 0 amide bonds. The molecule has 2 aromatic heterocycles. The molecule has 1 N–H and O–H groups in total. The smallest absolute Gasteiger partial charge is 0.191 e. The number of aromatic nitrogens is 4. The first-order valence-corrected chi connectivity index (χ1v) is 9.28. The number of thioether (sulfide) groups is 1. The first-order valence-electron chi connectivity index (χ1n) is 8.30. The van der Waals surface area contributed by atoms with Crippen molar-refractivity contribution in [3.05, 3.63) is 24.5 Å². The van der Waals surface area contributed by atoms with Gasteiger partial charge < -0.3 is 9.67 Å². The molecule has 1 fully saturated rings. The van der Waals surface area contributed by atoms with E-state index in [4.69, 9.17) is 0 Å². The fourth-order valence-corrected chi connectivity index (χ4v) is 4.19. The third kappa shape index (κ3) is 3.75. The monoisotopic (exact) mass is 332 g/mol. The number of nitrogens with zero attached hydrogens (tertiary/aromatic N) is 4. The largest absolute Gasteiger partial charge is 0.389 e. The molecule has 0 atom stereocenters. The molecule has 124 valence electrons. The minimum atomic E-state index is -0.557. The average molecular weight is 332 g/mol. The van der Waals surface area contributed by atoms with Crippen molar-refractivity contribution in [1.29, 1.82) is 0 Å². The van der Waals surface area contributed by atoms with E-state index in [0.29, 0.717) is 5.75 Å². The number of aliphatic hydroxyl groups is 1. The van der Waals surface area contributed by atoms with E-state index in [1.54, 1.807) is 24.2 Å². The zero-order valence-corrected chi connectivity index (χ0v) is 14.6. The van der Waals surface area contributed by atoms with E-state index in [0.717, 1.165) is 54.7 Å². The maximum atomic E-state index is 10.8. The lowest BCUT2D eigenvalue weighted by Gasteiger charge is -2.34. The highest BCUT2D eigenvalue weighted by molar-refractivity contribution is 7.99. The van der Waals surface area contributed by atoms with Crippen LogP contribution in [-0.2, 0) is 6.54 Å². The highest BCUT2D eigenvalue weighted by Crippen LogP contribution is 2.36. The summed E-state index contributed by atoms with van der Waals surface area (Å²) in [5.74, 6) is 2.29. The second-order valence-corrected chi connectivity index (χ2v) is 7.42. The van der Waals surface area contributed by atoms with Gasteiger partial charge in [-0.25, -0.2) is 0 Å². The molecule has 23 heavy (non-hydrogen) atoms. The Labute approximate surface area is 141 Å². The predicted octanol–water partition coefficient (Wildman–Crippen LogP) is 3.39. The lowest BCUT2D eigenvalue weighted by atomic mass is 9.81. The second-order valence-electron chi connectivity index (χ2n) is 6.48. The van der Waals surface area contributed by atoms with Gasteiger partial charge in [0.2, 0.25) is 0 Å². The van der Waals surface area contributed by atoms with E-state index in [1.807, 2.05) is 12.1 Å². The van der Waals surface area contributed by atoms with Crippen LogP contribution in [0.15, 0.2) is 29.7 Å². The van der Waals surface area contributed by atoms with Crippen molar-refractivity contribution >= 4 is 11.8 Å². The van der Waals surface area contributed by atoms with Crippen LogP contribution in [0.2, 0.25) is 0 Å². The summed E-state index contributed by atoms with van der Waals surface area (Å²) in [6, 6.07) is 3.89. The van der Waals surface area contributed by atoms with Gasteiger partial charge in [0, 0.05) is 30.3 Å². The number of hydrogen-bond donors (Lipinski definition) is 1. The minimum absolute atomic E-state index is 0.557. The molecule has 5 nitrogen and oxygen atoms in total. The van der Waals surface area contributed by atoms with E-state index in [1.165, 1.54) is 0 Å². The molecule has 1 saturated carbocycles. The summed E-state index contributed by atoms with van der Waals surface area (Å²) >= 11 is 1.62. The third-order valence-corrected chi connectivity index (χ3v) is 5.89. The summed E-state index contributed by atoms with van der Waals surface area (Å²) in [5.41, 5.74) is 0.463. The van der Waals surface area contributed by atoms with Gasteiger partial charge in [-0.3, -0.25) is 4.98 Å². The van der Waals surface area contributed by atoms with Gasteiger partial charge >= 0.3 is 0 Å². The van der Waals surface area contributed by atoms with Crippen molar-refractivity contribution in [3.63, 3.8) is 0 Å². The molecule has 3 rings (SSSR count). The molecular weight excluding hydrogens is 308 g/mol. The maximum absolute atomic E-state index is 10.8. The van der Waals surface area contributed by atoms with E-state index in [2.05, 4.69) is 33.6 Å². The second kappa shape index (κ2) is 7.01. The lowest BCUT2D eigenvalue weighted by molar-refractivity contribution is 0.0149. The maximum Gasteiger partial charge on any atom is 0.191 e. The summed E-state index contributed by atoms with van der Waals surface area (Å²) in [7, 11) is 0. The standard InChI is InChI=1S/C17H24N4OS/c1-3-21-15(14-6-10-18-11-7-14)19-20-16(21)23-12-17(22)8-4-13(2)5-9-17/h6-7,10-11,13,22H,3-5,8-9,12H2,1-2H3. The fraction of sp³-hybridized carbons (Fsp3) is 0.588. The van der Waals surface area contributed by atoms with Crippen LogP contribution in [0.1, 0.15) is 39.5 Å². The first-order chi connectivity index (χ1) is 11.1. The Morgan fingerprint density at radius 1 is 1.26 bits per heavy atom. The molecule has 2 heterocycles. The Balaban J connectivity index is 1.73. The van der Waals surface area contributed by atoms with Crippen LogP contribution in [-0.4, -0.2) is 36.2 Å². The number of rotatable bonds is 5. The Hall–Kier alpha value is -1.40.